The van der Waals surface area contributed by atoms with E-state index in [-0.39, 0.29) is 21.2 Å². The van der Waals surface area contributed by atoms with Crippen LogP contribution in [0.4, 0.5) is 0 Å². The smallest absolute Gasteiger partial charge is 0.267 e. The van der Waals surface area contributed by atoms with Crippen LogP contribution in [0.3, 0.4) is 0 Å². The number of rotatable bonds is 6. The molecule has 3 rings (SSSR count). The molecule has 162 valence electrons. The fourth-order valence-electron chi connectivity index (χ4n) is 2.47. The van der Waals surface area contributed by atoms with Crippen LogP contribution >= 0.6 is 46.4 Å². The van der Waals surface area contributed by atoms with Crippen molar-refractivity contribution >= 4 is 70.6 Å². The minimum absolute atomic E-state index is 0.235. The van der Waals surface area contributed by atoms with E-state index in [0.29, 0.717) is 10.0 Å². The van der Waals surface area contributed by atoms with Crippen molar-refractivity contribution in [2.24, 2.45) is 10.2 Å². The molecule has 3 aromatic carbocycles. The molecule has 0 fully saturated rings. The Balaban J connectivity index is 1.54. The van der Waals surface area contributed by atoms with Gasteiger partial charge in [0, 0.05) is 10.0 Å². The summed E-state index contributed by atoms with van der Waals surface area (Å²) in [6, 6.07) is 16.2. The zero-order chi connectivity index (χ0) is 23.1. The van der Waals surface area contributed by atoms with Crippen LogP contribution in [0.15, 0.2) is 70.9 Å². The molecule has 0 aliphatic carbocycles. The number of hydrogen-bond donors (Lipinski definition) is 2. The standard InChI is InChI=1S/C22H14Cl4N4O2/c23-15-5-7-17(19(25)9-15)21(31)29-27-11-13-1-2-14(4-3-13)12-28-30-22(32)18-8-6-16(24)10-20(18)26/h1-12H,(H,29,31)(H,30,32)/b27-11-,28-12-. The van der Waals surface area contributed by atoms with Gasteiger partial charge in [-0.2, -0.15) is 10.2 Å². The lowest BCUT2D eigenvalue weighted by atomic mass is 10.2. The molecule has 3 aromatic rings. The minimum Gasteiger partial charge on any atom is -0.267 e. The Kier molecular flexibility index (Phi) is 8.25. The molecule has 0 saturated heterocycles. The normalized spacial score (nSPS) is 11.1. The van der Waals surface area contributed by atoms with Crippen LogP contribution in [0.5, 0.6) is 0 Å². The number of amides is 2. The second-order valence-corrected chi connectivity index (χ2v) is 8.00. The van der Waals surface area contributed by atoms with Crippen molar-refractivity contribution in [1.82, 2.24) is 10.9 Å². The fraction of sp³-hybridized carbons (Fsp3) is 0. The second-order valence-electron chi connectivity index (χ2n) is 6.31. The number of benzene rings is 3. The van der Waals surface area contributed by atoms with E-state index in [1.807, 2.05) is 0 Å². The predicted molar refractivity (Wildman–Crippen MR) is 129 cm³/mol. The van der Waals surface area contributed by atoms with E-state index in [9.17, 15) is 9.59 Å². The van der Waals surface area contributed by atoms with Crippen molar-refractivity contribution in [3.8, 4) is 0 Å². The Hall–Kier alpha value is -2.90. The largest absolute Gasteiger partial charge is 0.272 e. The van der Waals surface area contributed by atoms with Crippen molar-refractivity contribution in [1.29, 1.82) is 0 Å². The van der Waals surface area contributed by atoms with Gasteiger partial charge in [-0.1, -0.05) is 70.7 Å². The molecule has 6 nitrogen and oxygen atoms in total. The Morgan fingerprint density at radius 2 is 1.00 bits per heavy atom. The number of nitrogens with zero attached hydrogens (tertiary/aromatic N) is 2. The number of carbonyl (C=O) groups is 2. The van der Waals surface area contributed by atoms with Gasteiger partial charge in [0.25, 0.3) is 11.8 Å². The maximum absolute atomic E-state index is 12.1. The molecular weight excluding hydrogens is 494 g/mol. The summed E-state index contributed by atoms with van der Waals surface area (Å²) in [6.45, 7) is 0. The molecule has 0 bridgehead atoms. The SMILES string of the molecule is O=C(N/N=C\c1ccc(/C=N\NC(=O)c2ccc(Cl)cc2Cl)cc1)c1ccc(Cl)cc1Cl. The molecule has 0 radical (unpaired) electrons. The summed E-state index contributed by atoms with van der Waals surface area (Å²) in [5.41, 5.74) is 6.81. The quantitative estimate of drug-likeness (QED) is 0.325. The molecule has 2 amide bonds. The number of nitrogens with one attached hydrogen (secondary N) is 2. The lowest BCUT2D eigenvalue weighted by molar-refractivity contribution is 0.0947. The monoisotopic (exact) mass is 506 g/mol. The van der Waals surface area contributed by atoms with Crippen LogP contribution in [0, 0.1) is 0 Å². The van der Waals surface area contributed by atoms with Crippen LogP contribution in [0.2, 0.25) is 20.1 Å². The molecule has 0 atom stereocenters. The maximum Gasteiger partial charge on any atom is 0.272 e. The van der Waals surface area contributed by atoms with Gasteiger partial charge in [0.1, 0.15) is 0 Å². The van der Waals surface area contributed by atoms with Crippen molar-refractivity contribution < 1.29 is 9.59 Å². The van der Waals surface area contributed by atoms with E-state index < -0.39 is 11.8 Å². The summed E-state index contributed by atoms with van der Waals surface area (Å²) in [5.74, 6) is -0.911. The van der Waals surface area contributed by atoms with E-state index >= 15 is 0 Å². The molecule has 0 saturated carbocycles. The zero-order valence-electron chi connectivity index (χ0n) is 16.2. The van der Waals surface area contributed by atoms with Crippen LogP contribution in [-0.4, -0.2) is 24.2 Å². The highest BCUT2D eigenvalue weighted by Gasteiger charge is 2.10. The first-order valence-corrected chi connectivity index (χ1v) is 10.5. The molecule has 0 heterocycles. The molecule has 10 heteroatoms. The van der Waals surface area contributed by atoms with Gasteiger partial charge in [0.05, 0.1) is 33.6 Å². The third kappa shape index (κ3) is 6.55. The van der Waals surface area contributed by atoms with Crippen LogP contribution in [0.25, 0.3) is 0 Å². The third-order valence-electron chi connectivity index (χ3n) is 4.05. The average Bonchev–Trinajstić information content (AvgIpc) is 2.74. The number of hydrogen-bond acceptors (Lipinski definition) is 4. The maximum atomic E-state index is 12.1. The summed E-state index contributed by atoms with van der Waals surface area (Å²) < 4.78 is 0. The van der Waals surface area contributed by atoms with Crippen LogP contribution < -0.4 is 10.9 Å². The Morgan fingerprint density at radius 1 is 0.625 bits per heavy atom. The summed E-state index contributed by atoms with van der Waals surface area (Å²) >= 11 is 23.6. The predicted octanol–water partition coefficient (Wildman–Crippen LogP) is 5.83. The Labute approximate surface area is 203 Å². The van der Waals surface area contributed by atoms with Crippen LogP contribution in [0.1, 0.15) is 31.8 Å². The zero-order valence-corrected chi connectivity index (χ0v) is 19.2. The van der Waals surface area contributed by atoms with Crippen LogP contribution in [-0.2, 0) is 0 Å². The fourth-order valence-corrected chi connectivity index (χ4v) is 3.46. The van der Waals surface area contributed by atoms with Gasteiger partial charge in [-0.05, 0) is 47.5 Å². The van der Waals surface area contributed by atoms with Crippen molar-refractivity contribution in [2.45, 2.75) is 0 Å². The van der Waals surface area contributed by atoms with Gasteiger partial charge >= 0.3 is 0 Å². The molecule has 0 aromatic heterocycles. The van der Waals surface area contributed by atoms with Gasteiger partial charge in [0.15, 0.2) is 0 Å². The first-order chi connectivity index (χ1) is 15.3. The summed E-state index contributed by atoms with van der Waals surface area (Å²) in [4.78, 5) is 24.2. The molecular formula is C22H14Cl4N4O2. The average molecular weight is 508 g/mol. The highest BCUT2D eigenvalue weighted by molar-refractivity contribution is 6.37. The van der Waals surface area contributed by atoms with Crippen molar-refractivity contribution in [3.05, 3.63) is 103 Å². The van der Waals surface area contributed by atoms with Crippen molar-refractivity contribution in [3.63, 3.8) is 0 Å². The van der Waals surface area contributed by atoms with Gasteiger partial charge in [-0.15, -0.1) is 0 Å². The third-order valence-corrected chi connectivity index (χ3v) is 5.14. The second kappa shape index (κ2) is 11.1. The molecule has 32 heavy (non-hydrogen) atoms. The van der Waals surface area contributed by atoms with E-state index in [4.69, 9.17) is 46.4 Å². The van der Waals surface area contributed by atoms with Gasteiger partial charge in [-0.3, -0.25) is 9.59 Å². The summed E-state index contributed by atoms with van der Waals surface area (Å²) in [7, 11) is 0. The Morgan fingerprint density at radius 3 is 1.34 bits per heavy atom. The number of halogens is 4. The highest BCUT2D eigenvalue weighted by atomic mass is 35.5. The summed E-state index contributed by atoms with van der Waals surface area (Å²) in [6.07, 6.45) is 2.96. The molecule has 0 aliphatic rings. The minimum atomic E-state index is -0.455. The first kappa shape index (κ1) is 23.8. The molecule has 0 spiro atoms. The first-order valence-electron chi connectivity index (χ1n) is 9.00. The Bertz CT molecular complexity index is 1120. The molecule has 0 unspecified atom stereocenters. The topological polar surface area (TPSA) is 82.9 Å². The van der Waals surface area contributed by atoms with Gasteiger partial charge in [-0.25, -0.2) is 10.9 Å². The van der Waals surface area contributed by atoms with Crippen molar-refractivity contribution in [2.75, 3.05) is 0 Å². The number of carbonyl (C=O) groups excluding carboxylic acids is 2. The van der Waals surface area contributed by atoms with Gasteiger partial charge < -0.3 is 0 Å². The van der Waals surface area contributed by atoms with Gasteiger partial charge in [0.2, 0.25) is 0 Å². The molecule has 2 N–H and O–H groups in total. The summed E-state index contributed by atoms with van der Waals surface area (Å²) in [5, 5.41) is 9.18. The van der Waals surface area contributed by atoms with E-state index in [0.717, 1.165) is 11.1 Å². The lowest BCUT2D eigenvalue weighted by Crippen LogP contribution is -2.18. The lowest BCUT2D eigenvalue weighted by Gasteiger charge is -2.03. The highest BCUT2D eigenvalue weighted by Crippen LogP contribution is 2.21. The van der Waals surface area contributed by atoms with E-state index in [2.05, 4.69) is 21.1 Å². The van der Waals surface area contributed by atoms with E-state index in [1.165, 1.54) is 36.7 Å². The molecule has 0 aliphatic heterocycles. The van der Waals surface area contributed by atoms with E-state index in [1.54, 1.807) is 36.4 Å². The number of hydrazone groups is 2.